The van der Waals surface area contributed by atoms with Crippen LogP contribution in [0.2, 0.25) is 0 Å². The number of nitrogens with one attached hydrogen (secondary N) is 1. The van der Waals surface area contributed by atoms with E-state index in [1.165, 1.54) is 12.1 Å². The Kier molecular flexibility index (Phi) is 4.97. The maximum Gasteiger partial charge on any atom is 0.391 e. The number of alkyl halides is 4. The first kappa shape index (κ1) is 20.9. The Balaban J connectivity index is 1.12. The number of hydrogen-bond acceptors (Lipinski definition) is 3. The van der Waals surface area contributed by atoms with Crippen molar-refractivity contribution >= 4 is 11.6 Å². The van der Waals surface area contributed by atoms with Gasteiger partial charge in [-0.15, -0.1) is 11.6 Å². The van der Waals surface area contributed by atoms with Crippen LogP contribution >= 0.6 is 11.6 Å². The minimum Gasteiger partial charge on any atom is -0.379 e. The lowest BCUT2D eigenvalue weighted by Crippen LogP contribution is -2.36. The molecule has 0 aromatic heterocycles. The third-order valence-electron chi connectivity index (χ3n) is 9.11. The molecule has 2 heterocycles. The number of nitrogens with zero attached hydrogens (tertiary/aromatic N) is 1. The van der Waals surface area contributed by atoms with Crippen molar-refractivity contribution in [1.29, 1.82) is 0 Å². The molecule has 6 rings (SSSR count). The van der Waals surface area contributed by atoms with Crippen molar-refractivity contribution in [3.8, 4) is 0 Å². The van der Waals surface area contributed by atoms with Crippen LogP contribution in [0.4, 0.5) is 13.2 Å². The molecule has 3 saturated carbocycles. The predicted molar refractivity (Wildman–Crippen MR) is 114 cm³/mol. The van der Waals surface area contributed by atoms with Gasteiger partial charge in [-0.2, -0.15) is 13.2 Å². The van der Waals surface area contributed by atoms with E-state index in [0.29, 0.717) is 49.2 Å². The Labute approximate surface area is 187 Å². The molecule has 3 nitrogen and oxygen atoms in total. The summed E-state index contributed by atoms with van der Waals surface area (Å²) in [7, 11) is 0. The fraction of sp³-hybridized carbons (Fsp3) is 0.833. The maximum atomic E-state index is 13.2. The van der Waals surface area contributed by atoms with E-state index in [1.807, 2.05) is 0 Å². The summed E-state index contributed by atoms with van der Waals surface area (Å²) in [6, 6.07) is 1.45. The second kappa shape index (κ2) is 7.39. The molecular weight excluding hydrogens is 425 g/mol. The van der Waals surface area contributed by atoms with Gasteiger partial charge >= 0.3 is 6.18 Å². The molecule has 7 heteroatoms. The van der Waals surface area contributed by atoms with Crippen molar-refractivity contribution in [2.45, 2.75) is 74.6 Å². The van der Waals surface area contributed by atoms with Crippen LogP contribution in [0.5, 0.6) is 0 Å². The van der Waals surface area contributed by atoms with Gasteiger partial charge in [-0.25, -0.2) is 0 Å². The predicted octanol–water partition coefficient (Wildman–Crippen LogP) is 4.87. The van der Waals surface area contributed by atoms with Crippen molar-refractivity contribution in [3.05, 3.63) is 23.9 Å². The summed E-state index contributed by atoms with van der Waals surface area (Å²) in [6.45, 7) is 2.38. The van der Waals surface area contributed by atoms with Crippen LogP contribution in [0.15, 0.2) is 23.9 Å². The number of ether oxygens (including phenoxy) is 1. The summed E-state index contributed by atoms with van der Waals surface area (Å²) in [5.74, 6) is 0.00252. The molecule has 172 valence electrons. The van der Waals surface area contributed by atoms with E-state index < -0.39 is 12.1 Å². The molecule has 2 aliphatic heterocycles. The van der Waals surface area contributed by atoms with Crippen LogP contribution in [-0.4, -0.2) is 54.3 Å². The normalized spacial score (nSPS) is 48.4. The lowest BCUT2D eigenvalue weighted by molar-refractivity contribution is -0.185. The summed E-state index contributed by atoms with van der Waals surface area (Å²) >= 11 is 6.87. The first-order valence-electron chi connectivity index (χ1n) is 12.1. The number of fused-ring (bicyclic) bond motifs is 3. The van der Waals surface area contributed by atoms with Crippen molar-refractivity contribution in [2.24, 2.45) is 29.1 Å². The highest BCUT2D eigenvalue weighted by Crippen LogP contribution is 2.75. The van der Waals surface area contributed by atoms with E-state index in [4.69, 9.17) is 16.3 Å². The van der Waals surface area contributed by atoms with Crippen LogP contribution in [0.3, 0.4) is 0 Å². The average Bonchev–Trinajstić information content (AvgIpc) is 3.58. The van der Waals surface area contributed by atoms with E-state index >= 15 is 0 Å². The second-order valence-electron chi connectivity index (χ2n) is 10.8. The van der Waals surface area contributed by atoms with Crippen molar-refractivity contribution in [2.75, 3.05) is 19.8 Å². The number of hydrogen-bond donors (Lipinski definition) is 1. The van der Waals surface area contributed by atoms with Crippen molar-refractivity contribution in [1.82, 2.24) is 10.2 Å². The Morgan fingerprint density at radius 1 is 1.23 bits per heavy atom. The van der Waals surface area contributed by atoms with Gasteiger partial charge in [-0.05, 0) is 63.0 Å². The number of allylic oxidation sites excluding steroid dienone is 4. The lowest BCUT2D eigenvalue weighted by atomic mass is 9.79. The first-order valence-corrected chi connectivity index (χ1v) is 12.5. The van der Waals surface area contributed by atoms with Crippen LogP contribution < -0.4 is 5.32 Å². The number of piperidine rings is 1. The van der Waals surface area contributed by atoms with Crippen LogP contribution in [0.25, 0.3) is 0 Å². The third-order valence-corrected chi connectivity index (χ3v) is 9.51. The quantitative estimate of drug-likeness (QED) is 0.597. The minimum atomic E-state index is -4.04. The van der Waals surface area contributed by atoms with Gasteiger partial charge in [0.25, 0.3) is 0 Å². The number of likely N-dealkylation sites (tertiary alicyclic amines) is 1. The summed E-state index contributed by atoms with van der Waals surface area (Å²) in [4.78, 5) is 2.64. The summed E-state index contributed by atoms with van der Waals surface area (Å²) in [5.41, 5.74) is 1.64. The molecule has 0 bridgehead atoms. The van der Waals surface area contributed by atoms with Crippen molar-refractivity contribution < 1.29 is 17.9 Å². The average molecular weight is 457 g/mol. The van der Waals surface area contributed by atoms with E-state index in [1.54, 1.807) is 0 Å². The van der Waals surface area contributed by atoms with Gasteiger partial charge in [0.05, 0.1) is 23.9 Å². The highest BCUT2D eigenvalue weighted by atomic mass is 35.5. The smallest absolute Gasteiger partial charge is 0.379 e. The standard InChI is InChI=1S/C24H32ClF3N2O/c25-18-5-2-6-20-22(18)23(11-21(23)30(20)16-7-8-31-13-16)17-10-19(17)29-12-14-3-1-4-15(9-14)24(26,27)28/h2,5-6,14-19,21-22,29H,1,3-4,7-13H2. The SMILES string of the molecule is FC(F)(F)C1CCCC(CNC2CC2C23CC2N(C2CCOC2)C2=CC=CC(Cl)C23)C1. The molecule has 0 aromatic carbocycles. The molecule has 2 saturated heterocycles. The van der Waals surface area contributed by atoms with Gasteiger partial charge in [-0.1, -0.05) is 18.6 Å². The Morgan fingerprint density at radius 3 is 2.87 bits per heavy atom. The molecule has 1 N–H and O–H groups in total. The van der Waals surface area contributed by atoms with Gasteiger partial charge in [0.15, 0.2) is 0 Å². The van der Waals surface area contributed by atoms with Crippen LogP contribution in [0.1, 0.15) is 44.9 Å². The summed E-state index contributed by atoms with van der Waals surface area (Å²) < 4.78 is 45.1. The summed E-state index contributed by atoms with van der Waals surface area (Å²) in [5, 5.41) is 3.71. The Bertz CT molecular complexity index is 779. The zero-order valence-electron chi connectivity index (χ0n) is 17.8. The van der Waals surface area contributed by atoms with Gasteiger partial charge in [0, 0.05) is 35.7 Å². The molecule has 6 aliphatic rings. The van der Waals surface area contributed by atoms with Gasteiger partial charge in [0.1, 0.15) is 0 Å². The molecule has 9 unspecified atom stereocenters. The Morgan fingerprint density at radius 2 is 2.10 bits per heavy atom. The van der Waals surface area contributed by atoms with Gasteiger partial charge in [0.2, 0.25) is 0 Å². The number of halogens is 4. The zero-order chi connectivity index (χ0) is 21.4. The molecule has 0 radical (unpaired) electrons. The highest BCUT2D eigenvalue weighted by molar-refractivity contribution is 6.22. The first-order chi connectivity index (χ1) is 14.9. The topological polar surface area (TPSA) is 24.5 Å². The Hall–Kier alpha value is -0.720. The number of rotatable bonds is 5. The summed E-state index contributed by atoms with van der Waals surface area (Å²) in [6.07, 6.45) is 8.10. The van der Waals surface area contributed by atoms with E-state index in [0.717, 1.165) is 39.0 Å². The minimum absolute atomic E-state index is 0.0319. The molecule has 31 heavy (non-hydrogen) atoms. The third kappa shape index (κ3) is 3.38. The molecule has 0 spiro atoms. The highest BCUT2D eigenvalue weighted by Gasteiger charge is 2.77. The lowest BCUT2D eigenvalue weighted by Gasteiger charge is -2.34. The molecule has 9 atom stereocenters. The van der Waals surface area contributed by atoms with Crippen molar-refractivity contribution in [3.63, 3.8) is 0 Å². The maximum absolute atomic E-state index is 13.2. The molecular formula is C24H32ClF3N2O. The van der Waals surface area contributed by atoms with Gasteiger partial charge < -0.3 is 15.0 Å². The molecule has 0 amide bonds. The van der Waals surface area contributed by atoms with E-state index in [-0.39, 0.29) is 16.7 Å². The van der Waals surface area contributed by atoms with Gasteiger partial charge in [-0.3, -0.25) is 0 Å². The van der Waals surface area contributed by atoms with E-state index in [9.17, 15) is 13.2 Å². The molecule has 4 aliphatic carbocycles. The largest absolute Gasteiger partial charge is 0.391 e. The van der Waals surface area contributed by atoms with E-state index in [2.05, 4.69) is 28.4 Å². The molecule has 0 aromatic rings. The second-order valence-corrected chi connectivity index (χ2v) is 11.3. The fourth-order valence-corrected chi connectivity index (χ4v) is 7.99. The van der Waals surface area contributed by atoms with Crippen LogP contribution in [0, 0.1) is 29.1 Å². The zero-order valence-corrected chi connectivity index (χ0v) is 18.5. The monoisotopic (exact) mass is 456 g/mol. The van der Waals surface area contributed by atoms with Crippen LogP contribution in [-0.2, 0) is 4.74 Å². The molecule has 5 fully saturated rings. The fourth-order valence-electron chi connectivity index (χ4n) is 7.55.